The second-order valence-electron chi connectivity index (χ2n) is 4.67. The van der Waals surface area contributed by atoms with Crippen LogP contribution in [0.3, 0.4) is 0 Å². The third-order valence-corrected chi connectivity index (χ3v) is 5.36. The lowest BCUT2D eigenvalue weighted by molar-refractivity contribution is 0.580. The van der Waals surface area contributed by atoms with E-state index in [1.54, 1.807) is 21.8 Å². The molecule has 1 aliphatic rings. The highest BCUT2D eigenvalue weighted by Gasteiger charge is 2.15. The second-order valence-corrected chi connectivity index (χ2v) is 6.68. The molecule has 1 atom stereocenters. The van der Waals surface area contributed by atoms with Gasteiger partial charge in [0.05, 0.1) is 0 Å². The summed E-state index contributed by atoms with van der Waals surface area (Å²) >= 11 is 3.77. The van der Waals surface area contributed by atoms with Gasteiger partial charge in [0.15, 0.2) is 0 Å². The summed E-state index contributed by atoms with van der Waals surface area (Å²) in [5.74, 6) is 0. The zero-order chi connectivity index (χ0) is 11.7. The van der Waals surface area contributed by atoms with Gasteiger partial charge in [-0.15, -0.1) is 11.3 Å². The molecule has 0 fully saturated rings. The van der Waals surface area contributed by atoms with Gasteiger partial charge in [-0.25, -0.2) is 0 Å². The van der Waals surface area contributed by atoms with Crippen LogP contribution in [0.5, 0.6) is 0 Å². The summed E-state index contributed by atoms with van der Waals surface area (Å²) < 4.78 is 0. The fraction of sp³-hybridized carbons (Fsp3) is 0.429. The van der Waals surface area contributed by atoms with Crippen molar-refractivity contribution in [1.29, 1.82) is 0 Å². The first kappa shape index (κ1) is 11.5. The lowest BCUT2D eigenvalue weighted by Gasteiger charge is -2.11. The first-order valence-electron chi connectivity index (χ1n) is 6.19. The highest BCUT2D eigenvalue weighted by molar-refractivity contribution is 7.12. The van der Waals surface area contributed by atoms with E-state index in [1.807, 2.05) is 11.3 Å². The van der Waals surface area contributed by atoms with Crippen molar-refractivity contribution in [3.05, 3.63) is 43.8 Å². The number of fused-ring (bicyclic) bond motifs is 1. The number of thiophene rings is 2. The van der Waals surface area contributed by atoms with E-state index in [1.165, 1.54) is 29.7 Å². The Morgan fingerprint density at radius 1 is 1.41 bits per heavy atom. The first-order chi connectivity index (χ1) is 8.33. The normalized spacial score (nSPS) is 16.1. The van der Waals surface area contributed by atoms with E-state index in [0.29, 0.717) is 6.04 Å². The van der Waals surface area contributed by atoms with E-state index in [2.05, 4.69) is 35.1 Å². The van der Waals surface area contributed by atoms with Gasteiger partial charge in [0.1, 0.15) is 0 Å². The molecule has 0 amide bonds. The van der Waals surface area contributed by atoms with E-state index in [-0.39, 0.29) is 0 Å². The highest BCUT2D eigenvalue weighted by Crippen LogP contribution is 2.30. The monoisotopic (exact) mass is 263 g/mol. The minimum Gasteiger partial charge on any atom is -0.305 e. The maximum Gasteiger partial charge on any atom is 0.0305 e. The van der Waals surface area contributed by atoms with E-state index < -0.39 is 0 Å². The fourth-order valence-corrected chi connectivity index (χ4v) is 4.34. The smallest absolute Gasteiger partial charge is 0.0305 e. The van der Waals surface area contributed by atoms with E-state index in [4.69, 9.17) is 0 Å². The zero-order valence-electron chi connectivity index (χ0n) is 10.0. The molecule has 1 aliphatic carbocycles. The van der Waals surface area contributed by atoms with Gasteiger partial charge < -0.3 is 5.32 Å². The molecule has 0 spiro atoms. The van der Waals surface area contributed by atoms with Crippen molar-refractivity contribution < 1.29 is 0 Å². The van der Waals surface area contributed by atoms with Crippen LogP contribution in [-0.2, 0) is 19.4 Å². The Balaban J connectivity index is 1.60. The largest absolute Gasteiger partial charge is 0.305 e. The van der Waals surface area contributed by atoms with Crippen LogP contribution in [0.25, 0.3) is 0 Å². The summed E-state index contributed by atoms with van der Waals surface area (Å²) in [5.41, 5.74) is 3.01. The van der Waals surface area contributed by atoms with Gasteiger partial charge in [-0.1, -0.05) is 0 Å². The topological polar surface area (TPSA) is 12.0 Å². The molecule has 0 radical (unpaired) electrons. The van der Waals surface area contributed by atoms with Gasteiger partial charge in [0.2, 0.25) is 0 Å². The number of rotatable bonds is 4. The molecule has 2 heterocycles. The van der Waals surface area contributed by atoms with Gasteiger partial charge in [-0.05, 0) is 60.2 Å². The Labute approximate surface area is 111 Å². The summed E-state index contributed by atoms with van der Waals surface area (Å²) in [7, 11) is 0. The summed E-state index contributed by atoms with van der Waals surface area (Å²) in [6.07, 6.45) is 3.96. The van der Waals surface area contributed by atoms with Crippen molar-refractivity contribution in [2.75, 3.05) is 0 Å². The van der Waals surface area contributed by atoms with Crippen LogP contribution in [0.4, 0.5) is 0 Å². The Morgan fingerprint density at radius 3 is 3.12 bits per heavy atom. The van der Waals surface area contributed by atoms with Gasteiger partial charge in [0.25, 0.3) is 0 Å². The van der Waals surface area contributed by atoms with Crippen molar-refractivity contribution in [1.82, 2.24) is 5.32 Å². The predicted molar refractivity (Wildman–Crippen MR) is 75.9 cm³/mol. The lowest BCUT2D eigenvalue weighted by atomic mass is 10.2. The standard InChI is InChI=1S/C14H17NS2/c1-10(12-5-6-16-9-12)15-8-13-7-11-3-2-4-14(11)17-13/h5-7,9-10,15H,2-4,8H2,1H3. The number of aryl methyl sites for hydroxylation is 2. The van der Waals surface area contributed by atoms with Crippen LogP contribution in [-0.4, -0.2) is 0 Å². The van der Waals surface area contributed by atoms with E-state index in [9.17, 15) is 0 Å². The quantitative estimate of drug-likeness (QED) is 0.874. The molecular formula is C14H17NS2. The molecule has 2 aromatic rings. The van der Waals surface area contributed by atoms with Crippen LogP contribution in [0.2, 0.25) is 0 Å². The molecular weight excluding hydrogens is 246 g/mol. The Hall–Kier alpha value is -0.640. The molecule has 0 saturated heterocycles. The molecule has 0 bridgehead atoms. The average molecular weight is 263 g/mol. The SMILES string of the molecule is CC(NCc1cc2c(s1)CCC2)c1ccsc1. The van der Waals surface area contributed by atoms with Gasteiger partial charge in [-0.2, -0.15) is 11.3 Å². The summed E-state index contributed by atoms with van der Waals surface area (Å²) in [5, 5.41) is 7.98. The molecule has 0 aromatic carbocycles. The first-order valence-corrected chi connectivity index (χ1v) is 7.95. The van der Waals surface area contributed by atoms with Crippen molar-refractivity contribution in [3.63, 3.8) is 0 Å². The van der Waals surface area contributed by atoms with Crippen LogP contribution in [0.1, 0.15) is 40.3 Å². The van der Waals surface area contributed by atoms with Crippen molar-refractivity contribution in [3.8, 4) is 0 Å². The molecule has 0 saturated carbocycles. The predicted octanol–water partition coefficient (Wildman–Crippen LogP) is 4.15. The molecule has 1 nitrogen and oxygen atoms in total. The Kier molecular flexibility index (Phi) is 3.32. The van der Waals surface area contributed by atoms with E-state index in [0.717, 1.165) is 6.54 Å². The van der Waals surface area contributed by atoms with Gasteiger partial charge in [-0.3, -0.25) is 0 Å². The minimum atomic E-state index is 0.457. The molecule has 0 aliphatic heterocycles. The number of hydrogen-bond donors (Lipinski definition) is 1. The zero-order valence-corrected chi connectivity index (χ0v) is 11.7. The Morgan fingerprint density at radius 2 is 2.35 bits per heavy atom. The molecule has 90 valence electrons. The highest BCUT2D eigenvalue weighted by atomic mass is 32.1. The second kappa shape index (κ2) is 4.92. The fourth-order valence-electron chi connectivity index (χ4n) is 2.37. The summed E-state index contributed by atoms with van der Waals surface area (Å²) in [4.78, 5) is 3.13. The van der Waals surface area contributed by atoms with E-state index >= 15 is 0 Å². The minimum absolute atomic E-state index is 0.457. The summed E-state index contributed by atoms with van der Waals surface area (Å²) in [6, 6.07) is 5.06. The molecule has 3 heteroatoms. The third-order valence-electron chi connectivity index (χ3n) is 3.42. The molecule has 17 heavy (non-hydrogen) atoms. The molecule has 1 unspecified atom stereocenters. The maximum atomic E-state index is 3.61. The lowest BCUT2D eigenvalue weighted by Crippen LogP contribution is -2.16. The summed E-state index contributed by atoms with van der Waals surface area (Å²) in [6.45, 7) is 3.25. The van der Waals surface area contributed by atoms with Crippen molar-refractivity contribution >= 4 is 22.7 Å². The molecule has 3 rings (SSSR count). The molecule has 1 N–H and O–H groups in total. The van der Waals surface area contributed by atoms with Crippen LogP contribution < -0.4 is 5.32 Å². The Bertz CT molecular complexity index is 463. The third kappa shape index (κ3) is 2.46. The van der Waals surface area contributed by atoms with Crippen LogP contribution in [0, 0.1) is 0 Å². The van der Waals surface area contributed by atoms with Crippen molar-refractivity contribution in [2.45, 2.75) is 38.8 Å². The number of hydrogen-bond acceptors (Lipinski definition) is 3. The van der Waals surface area contributed by atoms with Crippen molar-refractivity contribution in [2.24, 2.45) is 0 Å². The molecule has 2 aromatic heterocycles. The van der Waals surface area contributed by atoms with Gasteiger partial charge >= 0.3 is 0 Å². The van der Waals surface area contributed by atoms with Gasteiger partial charge in [0, 0.05) is 22.3 Å². The van der Waals surface area contributed by atoms with Crippen LogP contribution >= 0.6 is 22.7 Å². The van der Waals surface area contributed by atoms with Crippen LogP contribution in [0.15, 0.2) is 22.9 Å². The maximum absolute atomic E-state index is 3.61. The number of nitrogens with one attached hydrogen (secondary N) is 1. The average Bonchev–Trinajstić information content (AvgIpc) is 3.01.